The van der Waals surface area contributed by atoms with Crippen LogP contribution >= 0.6 is 0 Å². The van der Waals surface area contributed by atoms with E-state index in [2.05, 4.69) is 28.2 Å². The molecular weight excluding hydrogens is 210 g/mol. The Bertz CT molecular complexity index is 377. The van der Waals surface area contributed by atoms with Crippen LogP contribution in [0.15, 0.2) is 18.3 Å². The quantitative estimate of drug-likeness (QED) is 0.837. The zero-order valence-corrected chi connectivity index (χ0v) is 10.5. The highest BCUT2D eigenvalue weighted by atomic mass is 15.2. The van der Waals surface area contributed by atoms with Crippen LogP contribution in [0.5, 0.6) is 0 Å². The monoisotopic (exact) mass is 231 g/mol. The van der Waals surface area contributed by atoms with Crippen molar-refractivity contribution in [3.05, 3.63) is 29.6 Å². The Morgan fingerprint density at radius 1 is 1.47 bits per heavy atom. The summed E-state index contributed by atoms with van der Waals surface area (Å²) in [6.45, 7) is 6.82. The maximum Gasteiger partial charge on any atom is 0.0573 e. The van der Waals surface area contributed by atoms with Gasteiger partial charge in [-0.2, -0.15) is 0 Å². The van der Waals surface area contributed by atoms with Crippen molar-refractivity contribution in [3.63, 3.8) is 0 Å². The van der Waals surface area contributed by atoms with E-state index >= 15 is 0 Å². The van der Waals surface area contributed by atoms with Gasteiger partial charge in [0.25, 0.3) is 0 Å². The fourth-order valence-electron chi connectivity index (χ4n) is 3.16. The number of aromatic nitrogens is 1. The molecule has 17 heavy (non-hydrogen) atoms. The minimum absolute atomic E-state index is 0.729. The van der Waals surface area contributed by atoms with Crippen LogP contribution in [0.4, 0.5) is 0 Å². The number of hydrogen-bond donors (Lipinski definition) is 1. The van der Waals surface area contributed by atoms with E-state index in [9.17, 15) is 0 Å². The molecule has 2 fully saturated rings. The lowest BCUT2D eigenvalue weighted by Crippen LogP contribution is -2.40. The lowest BCUT2D eigenvalue weighted by molar-refractivity contribution is 0.308. The van der Waals surface area contributed by atoms with Gasteiger partial charge in [-0.05, 0) is 43.9 Å². The van der Waals surface area contributed by atoms with Gasteiger partial charge in [-0.1, -0.05) is 6.07 Å². The van der Waals surface area contributed by atoms with Gasteiger partial charge in [0.1, 0.15) is 0 Å². The summed E-state index contributed by atoms with van der Waals surface area (Å²) in [5.74, 6) is 0.868. The van der Waals surface area contributed by atoms with Crippen LogP contribution in [-0.2, 0) is 6.54 Å². The molecule has 0 spiro atoms. The van der Waals surface area contributed by atoms with Gasteiger partial charge in [-0.25, -0.2) is 0 Å². The Morgan fingerprint density at radius 3 is 3.24 bits per heavy atom. The molecule has 0 amide bonds. The van der Waals surface area contributed by atoms with Crippen molar-refractivity contribution < 1.29 is 0 Å². The Labute approximate surface area is 103 Å². The van der Waals surface area contributed by atoms with Crippen LogP contribution in [-0.4, -0.2) is 35.6 Å². The second kappa shape index (κ2) is 4.75. The predicted octanol–water partition coefficient (Wildman–Crippen LogP) is 1.57. The molecule has 0 bridgehead atoms. The number of nitrogens with one attached hydrogen (secondary N) is 1. The first-order chi connectivity index (χ1) is 8.33. The Kier molecular flexibility index (Phi) is 3.12. The van der Waals surface area contributed by atoms with Gasteiger partial charge in [0.2, 0.25) is 0 Å². The second-order valence-corrected chi connectivity index (χ2v) is 5.42. The lowest BCUT2D eigenvalue weighted by atomic mass is 9.94. The average Bonchev–Trinajstić information content (AvgIpc) is 2.74. The molecule has 3 heterocycles. The van der Waals surface area contributed by atoms with Crippen LogP contribution in [0, 0.1) is 12.8 Å². The van der Waals surface area contributed by atoms with Crippen LogP contribution in [0.1, 0.15) is 24.1 Å². The summed E-state index contributed by atoms with van der Waals surface area (Å²) < 4.78 is 0. The van der Waals surface area contributed by atoms with Crippen molar-refractivity contribution in [2.24, 2.45) is 5.92 Å². The first kappa shape index (κ1) is 11.2. The summed E-state index contributed by atoms with van der Waals surface area (Å²) in [5.41, 5.74) is 2.56. The molecule has 3 heteroatoms. The van der Waals surface area contributed by atoms with Crippen molar-refractivity contribution in [2.75, 3.05) is 19.6 Å². The van der Waals surface area contributed by atoms with Gasteiger partial charge in [-0.15, -0.1) is 0 Å². The molecule has 0 radical (unpaired) electrons. The summed E-state index contributed by atoms with van der Waals surface area (Å²) in [4.78, 5) is 7.06. The maximum atomic E-state index is 4.50. The van der Waals surface area contributed by atoms with E-state index in [0.29, 0.717) is 0 Å². The third kappa shape index (κ3) is 2.35. The normalized spacial score (nSPS) is 29.2. The van der Waals surface area contributed by atoms with E-state index in [1.165, 1.54) is 43.7 Å². The topological polar surface area (TPSA) is 28.2 Å². The number of aryl methyl sites for hydroxylation is 1. The molecule has 2 saturated heterocycles. The molecule has 3 nitrogen and oxygen atoms in total. The third-order valence-corrected chi connectivity index (χ3v) is 4.17. The fraction of sp³-hybridized carbons (Fsp3) is 0.643. The van der Waals surface area contributed by atoms with Crippen molar-refractivity contribution in [1.82, 2.24) is 15.2 Å². The highest BCUT2D eigenvalue weighted by Gasteiger charge is 2.34. The molecule has 1 aromatic rings. The number of nitrogens with zero attached hydrogens (tertiary/aromatic N) is 2. The SMILES string of the molecule is Cc1cccnc1CN1CC2CCCNC2C1. The second-order valence-electron chi connectivity index (χ2n) is 5.42. The summed E-state index contributed by atoms with van der Waals surface area (Å²) in [7, 11) is 0. The first-order valence-electron chi connectivity index (χ1n) is 6.69. The molecule has 2 aliphatic rings. The number of fused-ring (bicyclic) bond motifs is 1. The van der Waals surface area contributed by atoms with Gasteiger partial charge >= 0.3 is 0 Å². The summed E-state index contributed by atoms with van der Waals surface area (Å²) >= 11 is 0. The highest BCUT2D eigenvalue weighted by molar-refractivity contribution is 5.17. The van der Waals surface area contributed by atoms with Crippen LogP contribution in [0.25, 0.3) is 0 Å². The minimum Gasteiger partial charge on any atom is -0.312 e. The summed E-state index contributed by atoms with van der Waals surface area (Å²) in [5, 5.41) is 3.65. The Hall–Kier alpha value is -0.930. The zero-order valence-electron chi connectivity index (χ0n) is 10.5. The number of likely N-dealkylation sites (tertiary alicyclic amines) is 1. The maximum absolute atomic E-state index is 4.50. The average molecular weight is 231 g/mol. The van der Waals surface area contributed by atoms with E-state index in [1.807, 2.05) is 12.3 Å². The number of rotatable bonds is 2. The van der Waals surface area contributed by atoms with Crippen molar-refractivity contribution in [3.8, 4) is 0 Å². The summed E-state index contributed by atoms with van der Waals surface area (Å²) in [6.07, 6.45) is 4.65. The van der Waals surface area contributed by atoms with Crippen LogP contribution in [0.2, 0.25) is 0 Å². The molecule has 2 unspecified atom stereocenters. The molecule has 2 aliphatic heterocycles. The molecule has 2 atom stereocenters. The molecule has 1 N–H and O–H groups in total. The van der Waals surface area contributed by atoms with Crippen molar-refractivity contribution in [2.45, 2.75) is 32.4 Å². The minimum atomic E-state index is 0.729. The smallest absolute Gasteiger partial charge is 0.0573 e. The summed E-state index contributed by atoms with van der Waals surface area (Å²) in [6, 6.07) is 4.90. The van der Waals surface area contributed by atoms with E-state index in [1.54, 1.807) is 0 Å². The van der Waals surface area contributed by atoms with Crippen LogP contribution in [0.3, 0.4) is 0 Å². The van der Waals surface area contributed by atoms with Crippen molar-refractivity contribution in [1.29, 1.82) is 0 Å². The first-order valence-corrected chi connectivity index (χ1v) is 6.69. The van der Waals surface area contributed by atoms with Crippen LogP contribution < -0.4 is 5.32 Å². The van der Waals surface area contributed by atoms with E-state index < -0.39 is 0 Å². The van der Waals surface area contributed by atoms with Gasteiger partial charge < -0.3 is 5.32 Å². The van der Waals surface area contributed by atoms with E-state index in [0.717, 1.165) is 18.5 Å². The van der Waals surface area contributed by atoms with Gasteiger partial charge in [0, 0.05) is 31.9 Å². The number of pyridine rings is 1. The molecular formula is C14H21N3. The largest absolute Gasteiger partial charge is 0.312 e. The molecule has 0 aliphatic carbocycles. The highest BCUT2D eigenvalue weighted by Crippen LogP contribution is 2.26. The van der Waals surface area contributed by atoms with Gasteiger partial charge in [-0.3, -0.25) is 9.88 Å². The molecule has 1 aromatic heterocycles. The molecule has 0 aromatic carbocycles. The molecule has 92 valence electrons. The molecule has 0 saturated carbocycles. The van der Waals surface area contributed by atoms with E-state index in [-0.39, 0.29) is 0 Å². The van der Waals surface area contributed by atoms with Crippen molar-refractivity contribution >= 4 is 0 Å². The van der Waals surface area contributed by atoms with Gasteiger partial charge in [0.15, 0.2) is 0 Å². The Morgan fingerprint density at radius 2 is 2.41 bits per heavy atom. The Balaban J connectivity index is 1.65. The molecule has 3 rings (SSSR count). The predicted molar refractivity (Wildman–Crippen MR) is 68.8 cm³/mol. The zero-order chi connectivity index (χ0) is 11.7. The third-order valence-electron chi connectivity index (χ3n) is 4.17. The number of piperidine rings is 1. The lowest BCUT2D eigenvalue weighted by Gasteiger charge is -2.24. The standard InChI is InChI=1S/C14H21N3/c1-11-4-2-6-15-13(11)9-17-8-12-5-3-7-16-14(12)10-17/h2,4,6,12,14,16H,3,5,7-10H2,1H3. The fourth-order valence-corrected chi connectivity index (χ4v) is 3.16. The van der Waals surface area contributed by atoms with E-state index in [4.69, 9.17) is 0 Å². The van der Waals surface area contributed by atoms with Gasteiger partial charge in [0.05, 0.1) is 5.69 Å². The number of hydrogen-bond acceptors (Lipinski definition) is 3.